The number of nitrogens with zero attached hydrogens (tertiary/aromatic N) is 1. The summed E-state index contributed by atoms with van der Waals surface area (Å²) in [7, 11) is -1.86. The van der Waals surface area contributed by atoms with Gasteiger partial charge >= 0.3 is 0 Å². The number of hydrogen-bond acceptors (Lipinski definition) is 3. The molecular formula is C20H25NO3S. The van der Waals surface area contributed by atoms with Gasteiger partial charge in [0, 0.05) is 6.54 Å². The zero-order valence-electron chi connectivity index (χ0n) is 15.0. The quantitative estimate of drug-likeness (QED) is 0.797. The van der Waals surface area contributed by atoms with E-state index in [4.69, 9.17) is 4.74 Å². The highest BCUT2D eigenvalue weighted by atomic mass is 32.2. The number of ether oxygens (including phenoxy) is 1. The number of hydrogen-bond donors (Lipinski definition) is 0. The maximum absolute atomic E-state index is 13.1. The fraction of sp³-hybridized carbons (Fsp3) is 0.400. The van der Waals surface area contributed by atoms with Crippen LogP contribution in [0.1, 0.15) is 49.8 Å². The van der Waals surface area contributed by atoms with E-state index in [9.17, 15) is 8.42 Å². The molecule has 0 unspecified atom stereocenters. The molecule has 1 saturated heterocycles. The molecule has 0 radical (unpaired) electrons. The predicted octanol–water partition coefficient (Wildman–Crippen LogP) is 4.34. The minimum atomic E-state index is -3.49. The summed E-state index contributed by atoms with van der Waals surface area (Å²) >= 11 is 0. The van der Waals surface area contributed by atoms with Crippen molar-refractivity contribution in [2.24, 2.45) is 0 Å². The average molecular weight is 359 g/mol. The van der Waals surface area contributed by atoms with Gasteiger partial charge < -0.3 is 4.74 Å². The molecule has 2 aromatic carbocycles. The third-order valence-corrected chi connectivity index (χ3v) is 6.78. The maximum atomic E-state index is 13.1. The summed E-state index contributed by atoms with van der Waals surface area (Å²) in [5.74, 6) is 1.16. The van der Waals surface area contributed by atoms with E-state index in [-0.39, 0.29) is 6.04 Å². The molecule has 25 heavy (non-hydrogen) atoms. The molecule has 1 atom stereocenters. The third-order valence-electron chi connectivity index (χ3n) is 4.86. The highest BCUT2D eigenvalue weighted by molar-refractivity contribution is 7.89. The van der Waals surface area contributed by atoms with Crippen molar-refractivity contribution in [3.8, 4) is 5.75 Å². The van der Waals surface area contributed by atoms with Crippen LogP contribution in [-0.4, -0.2) is 26.4 Å². The van der Waals surface area contributed by atoms with Crippen LogP contribution < -0.4 is 4.74 Å². The van der Waals surface area contributed by atoms with Crippen molar-refractivity contribution in [3.63, 3.8) is 0 Å². The van der Waals surface area contributed by atoms with Crippen molar-refractivity contribution in [2.75, 3.05) is 13.7 Å². The second kappa shape index (κ2) is 7.18. The van der Waals surface area contributed by atoms with Crippen molar-refractivity contribution in [1.82, 2.24) is 4.31 Å². The van der Waals surface area contributed by atoms with E-state index in [1.165, 1.54) is 0 Å². The summed E-state index contributed by atoms with van der Waals surface area (Å²) in [6, 6.07) is 14.9. The highest BCUT2D eigenvalue weighted by Crippen LogP contribution is 2.37. The molecule has 0 amide bonds. The fourth-order valence-corrected chi connectivity index (χ4v) is 5.03. The maximum Gasteiger partial charge on any atom is 0.243 e. The Morgan fingerprint density at radius 2 is 1.68 bits per heavy atom. The summed E-state index contributed by atoms with van der Waals surface area (Å²) in [4.78, 5) is 0.373. The van der Waals surface area contributed by atoms with Crippen LogP contribution in [0.15, 0.2) is 53.4 Å². The lowest BCUT2D eigenvalue weighted by Crippen LogP contribution is -2.30. The fourth-order valence-electron chi connectivity index (χ4n) is 3.35. The summed E-state index contributed by atoms with van der Waals surface area (Å²) in [6.07, 6.45) is 1.72. The summed E-state index contributed by atoms with van der Waals surface area (Å²) in [6.45, 7) is 4.76. The Morgan fingerprint density at radius 1 is 1.04 bits per heavy atom. The van der Waals surface area contributed by atoms with E-state index in [2.05, 4.69) is 13.8 Å². The van der Waals surface area contributed by atoms with E-state index in [1.54, 1.807) is 23.5 Å². The number of sulfonamides is 1. The van der Waals surface area contributed by atoms with E-state index in [1.807, 2.05) is 36.4 Å². The molecule has 134 valence electrons. The topological polar surface area (TPSA) is 46.6 Å². The molecule has 0 bridgehead atoms. The molecule has 0 aliphatic carbocycles. The monoisotopic (exact) mass is 359 g/mol. The van der Waals surface area contributed by atoms with Crippen LogP contribution in [0.3, 0.4) is 0 Å². The predicted molar refractivity (Wildman–Crippen MR) is 99.4 cm³/mol. The molecule has 1 heterocycles. The summed E-state index contributed by atoms with van der Waals surface area (Å²) < 4.78 is 33.1. The van der Waals surface area contributed by atoms with Crippen LogP contribution in [0, 0.1) is 0 Å². The lowest BCUT2D eigenvalue weighted by Gasteiger charge is -2.25. The van der Waals surface area contributed by atoms with Crippen molar-refractivity contribution >= 4 is 10.0 Å². The average Bonchev–Trinajstić information content (AvgIpc) is 3.12. The smallest absolute Gasteiger partial charge is 0.243 e. The highest BCUT2D eigenvalue weighted by Gasteiger charge is 2.36. The van der Waals surface area contributed by atoms with E-state index in [0.29, 0.717) is 17.4 Å². The first-order valence-corrected chi connectivity index (χ1v) is 10.1. The molecule has 1 fully saturated rings. The van der Waals surface area contributed by atoms with Crippen molar-refractivity contribution in [3.05, 3.63) is 59.7 Å². The Kier molecular flexibility index (Phi) is 5.16. The largest absolute Gasteiger partial charge is 0.497 e. The van der Waals surface area contributed by atoms with Crippen molar-refractivity contribution in [2.45, 2.75) is 43.5 Å². The molecule has 3 rings (SSSR count). The molecular weight excluding hydrogens is 334 g/mol. The Bertz CT molecular complexity index is 811. The standard InChI is InChI=1S/C20H25NO3S/c1-15(2)16-8-12-19(13-9-16)25(22,23)21-14-4-5-20(21)17-6-10-18(24-3)11-7-17/h6-13,15,20H,4-5,14H2,1-3H3/t20-/m1/s1. The Morgan fingerprint density at radius 3 is 2.24 bits per heavy atom. The van der Waals surface area contributed by atoms with Gasteiger partial charge in [-0.1, -0.05) is 38.1 Å². The SMILES string of the molecule is COc1ccc([C@H]2CCCN2S(=O)(=O)c2ccc(C(C)C)cc2)cc1. The third kappa shape index (κ3) is 3.58. The van der Waals surface area contributed by atoms with Gasteiger partial charge in [-0.2, -0.15) is 4.31 Å². The van der Waals surface area contributed by atoms with Gasteiger partial charge in [0.25, 0.3) is 0 Å². The molecule has 1 aliphatic rings. The van der Waals surface area contributed by atoms with Gasteiger partial charge in [-0.15, -0.1) is 0 Å². The minimum absolute atomic E-state index is 0.110. The van der Waals surface area contributed by atoms with Crippen LogP contribution in [0.25, 0.3) is 0 Å². The van der Waals surface area contributed by atoms with Crippen molar-refractivity contribution < 1.29 is 13.2 Å². The molecule has 2 aromatic rings. The first kappa shape index (κ1) is 18.0. The molecule has 0 N–H and O–H groups in total. The number of rotatable bonds is 5. The normalized spacial score (nSPS) is 18.6. The van der Waals surface area contributed by atoms with Crippen LogP contribution >= 0.6 is 0 Å². The number of benzene rings is 2. The van der Waals surface area contributed by atoms with Gasteiger partial charge in [-0.05, 0) is 54.2 Å². The first-order chi connectivity index (χ1) is 11.9. The van der Waals surface area contributed by atoms with E-state index < -0.39 is 10.0 Å². The molecule has 0 saturated carbocycles. The Balaban J connectivity index is 1.89. The summed E-state index contributed by atoms with van der Waals surface area (Å²) in [5.41, 5.74) is 2.16. The second-order valence-electron chi connectivity index (χ2n) is 6.77. The molecule has 0 spiro atoms. The van der Waals surface area contributed by atoms with E-state index in [0.717, 1.165) is 29.7 Å². The van der Waals surface area contributed by atoms with Gasteiger partial charge in [0.05, 0.1) is 18.0 Å². The van der Waals surface area contributed by atoms with Gasteiger partial charge in [0.15, 0.2) is 0 Å². The molecule has 1 aliphatic heterocycles. The van der Waals surface area contributed by atoms with Crippen LogP contribution in [0.5, 0.6) is 5.75 Å². The number of methoxy groups -OCH3 is 1. The Labute approximate surface area is 150 Å². The zero-order valence-corrected chi connectivity index (χ0v) is 15.8. The molecule has 0 aromatic heterocycles. The van der Waals surface area contributed by atoms with Crippen LogP contribution in [0.4, 0.5) is 0 Å². The zero-order chi connectivity index (χ0) is 18.0. The van der Waals surface area contributed by atoms with Crippen molar-refractivity contribution in [1.29, 1.82) is 0 Å². The van der Waals surface area contributed by atoms with Gasteiger partial charge in [0.1, 0.15) is 5.75 Å². The minimum Gasteiger partial charge on any atom is -0.497 e. The van der Waals surface area contributed by atoms with Crippen LogP contribution in [0.2, 0.25) is 0 Å². The Hall–Kier alpha value is -1.85. The molecule has 4 nitrogen and oxygen atoms in total. The van der Waals surface area contributed by atoms with Gasteiger partial charge in [0.2, 0.25) is 10.0 Å². The summed E-state index contributed by atoms with van der Waals surface area (Å²) in [5, 5.41) is 0. The van der Waals surface area contributed by atoms with Gasteiger partial charge in [-0.3, -0.25) is 0 Å². The molecule has 5 heteroatoms. The van der Waals surface area contributed by atoms with Gasteiger partial charge in [-0.25, -0.2) is 8.42 Å². The lowest BCUT2D eigenvalue weighted by molar-refractivity contribution is 0.394. The van der Waals surface area contributed by atoms with Crippen LogP contribution in [-0.2, 0) is 10.0 Å². The first-order valence-electron chi connectivity index (χ1n) is 8.69. The second-order valence-corrected chi connectivity index (χ2v) is 8.66. The van der Waals surface area contributed by atoms with E-state index >= 15 is 0 Å². The lowest BCUT2D eigenvalue weighted by atomic mass is 10.0.